The lowest BCUT2D eigenvalue weighted by atomic mass is 10.1. The largest absolute Gasteiger partial charge is 0.416 e. The summed E-state index contributed by atoms with van der Waals surface area (Å²) >= 11 is 0. The van der Waals surface area contributed by atoms with E-state index in [0.717, 1.165) is 38.2 Å². The van der Waals surface area contributed by atoms with Crippen LogP contribution in [0, 0.1) is 0 Å². The number of alkyl halides is 3. The summed E-state index contributed by atoms with van der Waals surface area (Å²) in [4.78, 5) is 14.3. The maximum absolute atomic E-state index is 12.6. The van der Waals surface area contributed by atoms with Crippen molar-refractivity contribution in [1.82, 2.24) is 15.1 Å². The quantitative estimate of drug-likeness (QED) is 0.815. The van der Waals surface area contributed by atoms with Crippen molar-refractivity contribution in [1.29, 1.82) is 0 Å². The second-order valence-electron chi connectivity index (χ2n) is 6.44. The molecule has 1 amide bonds. The molecule has 1 aliphatic rings. The topological polar surface area (TPSA) is 61.0 Å². The average Bonchev–Trinajstić information content (AvgIpc) is 3.26. The van der Waals surface area contributed by atoms with Gasteiger partial charge in [0.2, 0.25) is 5.91 Å². The molecular weight excluding hydrogens is 345 g/mol. The highest BCUT2D eigenvalue weighted by Gasteiger charge is 2.30. The van der Waals surface area contributed by atoms with Gasteiger partial charge in [-0.25, -0.2) is 0 Å². The third-order valence-electron chi connectivity index (χ3n) is 4.44. The Kier molecular flexibility index (Phi) is 5.61. The summed E-state index contributed by atoms with van der Waals surface area (Å²) in [7, 11) is 0. The minimum atomic E-state index is -4.36. The van der Waals surface area contributed by atoms with Crippen molar-refractivity contribution in [2.45, 2.75) is 31.9 Å². The number of likely N-dealkylation sites (tertiary alicyclic amines) is 1. The number of H-pyrrole nitrogens is 1. The van der Waals surface area contributed by atoms with Crippen LogP contribution < -0.4 is 5.32 Å². The Balaban J connectivity index is 1.51. The lowest BCUT2D eigenvalue weighted by molar-refractivity contribution is -0.137. The van der Waals surface area contributed by atoms with E-state index in [9.17, 15) is 18.0 Å². The van der Waals surface area contributed by atoms with Crippen molar-refractivity contribution in [2.75, 3.05) is 25.0 Å². The molecule has 0 bridgehead atoms. The molecule has 2 N–H and O–H groups in total. The minimum Gasteiger partial charge on any atom is -0.311 e. The molecule has 0 unspecified atom stereocenters. The number of carbonyl (C=O) groups is 1. The highest BCUT2D eigenvalue weighted by atomic mass is 19.4. The molecule has 0 aliphatic carbocycles. The Bertz CT molecular complexity index is 734. The van der Waals surface area contributed by atoms with E-state index in [1.165, 1.54) is 25.0 Å². The van der Waals surface area contributed by atoms with Gasteiger partial charge in [0.1, 0.15) is 5.82 Å². The number of nitrogens with zero attached hydrogens (tertiary/aromatic N) is 2. The van der Waals surface area contributed by atoms with Gasteiger partial charge >= 0.3 is 6.18 Å². The predicted molar refractivity (Wildman–Crippen MR) is 92.6 cm³/mol. The zero-order valence-electron chi connectivity index (χ0n) is 14.3. The first-order chi connectivity index (χ1) is 12.4. The van der Waals surface area contributed by atoms with Gasteiger partial charge in [0, 0.05) is 18.1 Å². The van der Waals surface area contributed by atoms with E-state index < -0.39 is 11.7 Å². The number of rotatable bonds is 6. The number of halogens is 3. The van der Waals surface area contributed by atoms with Gasteiger partial charge in [-0.15, -0.1) is 0 Å². The van der Waals surface area contributed by atoms with Gasteiger partial charge in [-0.2, -0.15) is 18.3 Å². The molecule has 140 valence electrons. The lowest BCUT2D eigenvalue weighted by Gasteiger charge is -2.13. The molecule has 3 rings (SSSR count). The molecule has 1 fully saturated rings. The summed E-state index contributed by atoms with van der Waals surface area (Å²) in [6.07, 6.45) is -0.685. The van der Waals surface area contributed by atoms with E-state index in [2.05, 4.69) is 20.4 Å². The molecule has 0 radical (unpaired) electrons. The molecule has 0 spiro atoms. The van der Waals surface area contributed by atoms with Crippen LogP contribution in [-0.4, -0.2) is 40.6 Å². The fourth-order valence-electron chi connectivity index (χ4n) is 3.05. The smallest absolute Gasteiger partial charge is 0.311 e. The van der Waals surface area contributed by atoms with E-state index in [0.29, 0.717) is 23.5 Å². The molecule has 0 saturated carbocycles. The fraction of sp³-hybridized carbons (Fsp3) is 0.444. The van der Waals surface area contributed by atoms with Crippen LogP contribution in [0.1, 0.15) is 31.2 Å². The monoisotopic (exact) mass is 366 g/mol. The SMILES string of the molecule is O=C(CCCN1CCCC1)Nc1cc(-c2ccc(C(F)(F)F)cc2)n[nH]1. The van der Waals surface area contributed by atoms with Gasteiger partial charge in [0.05, 0.1) is 11.3 Å². The number of aromatic amines is 1. The number of hydrogen-bond acceptors (Lipinski definition) is 3. The van der Waals surface area contributed by atoms with E-state index in [1.54, 1.807) is 6.07 Å². The first-order valence-electron chi connectivity index (χ1n) is 8.67. The molecule has 5 nitrogen and oxygen atoms in total. The van der Waals surface area contributed by atoms with Gasteiger partial charge < -0.3 is 10.2 Å². The maximum atomic E-state index is 12.6. The number of benzene rings is 1. The van der Waals surface area contributed by atoms with Crippen molar-refractivity contribution in [3.05, 3.63) is 35.9 Å². The second-order valence-corrected chi connectivity index (χ2v) is 6.44. The second kappa shape index (κ2) is 7.90. The molecule has 8 heteroatoms. The van der Waals surface area contributed by atoms with Crippen molar-refractivity contribution >= 4 is 11.7 Å². The lowest BCUT2D eigenvalue weighted by Crippen LogP contribution is -2.22. The van der Waals surface area contributed by atoms with Crippen molar-refractivity contribution in [3.8, 4) is 11.3 Å². The van der Waals surface area contributed by atoms with Crippen LogP contribution in [0.15, 0.2) is 30.3 Å². The van der Waals surface area contributed by atoms with Gasteiger partial charge in [0.15, 0.2) is 0 Å². The summed E-state index contributed by atoms with van der Waals surface area (Å²) in [5.41, 5.74) is 0.318. The maximum Gasteiger partial charge on any atom is 0.416 e. The predicted octanol–water partition coefficient (Wildman–Crippen LogP) is 3.91. The molecule has 1 aromatic heterocycles. The first-order valence-corrected chi connectivity index (χ1v) is 8.67. The number of amides is 1. The highest BCUT2D eigenvalue weighted by Crippen LogP contribution is 2.30. The van der Waals surface area contributed by atoms with Crippen LogP contribution >= 0.6 is 0 Å². The van der Waals surface area contributed by atoms with Crippen LogP contribution in [0.5, 0.6) is 0 Å². The Hall–Kier alpha value is -2.35. The Morgan fingerprint density at radius 3 is 2.54 bits per heavy atom. The molecule has 26 heavy (non-hydrogen) atoms. The van der Waals surface area contributed by atoms with Crippen LogP contribution in [0.2, 0.25) is 0 Å². The van der Waals surface area contributed by atoms with E-state index in [1.807, 2.05) is 0 Å². The number of aromatic nitrogens is 2. The highest BCUT2D eigenvalue weighted by molar-refractivity contribution is 5.90. The van der Waals surface area contributed by atoms with Gasteiger partial charge in [0.25, 0.3) is 0 Å². The summed E-state index contributed by atoms with van der Waals surface area (Å²) in [6.45, 7) is 3.14. The van der Waals surface area contributed by atoms with E-state index in [-0.39, 0.29) is 5.91 Å². The van der Waals surface area contributed by atoms with Crippen LogP contribution in [-0.2, 0) is 11.0 Å². The Morgan fingerprint density at radius 2 is 1.88 bits per heavy atom. The van der Waals surface area contributed by atoms with E-state index in [4.69, 9.17) is 0 Å². The van der Waals surface area contributed by atoms with Crippen molar-refractivity contribution in [3.63, 3.8) is 0 Å². The summed E-state index contributed by atoms with van der Waals surface area (Å²) in [6, 6.07) is 6.36. The third kappa shape index (κ3) is 4.85. The Labute approximate surface area is 149 Å². The standard InChI is InChI=1S/C18H21F3N4O/c19-18(20,21)14-7-5-13(6-8-14)15-12-16(24-23-15)22-17(26)4-3-11-25-9-1-2-10-25/h5-8,12H,1-4,9-11H2,(H2,22,23,24,26). The molecule has 2 heterocycles. The molecule has 1 aliphatic heterocycles. The number of nitrogens with one attached hydrogen (secondary N) is 2. The molecule has 1 saturated heterocycles. The first kappa shape index (κ1) is 18.4. The van der Waals surface area contributed by atoms with Gasteiger partial charge in [-0.05, 0) is 51.0 Å². The van der Waals surface area contributed by atoms with E-state index >= 15 is 0 Å². The van der Waals surface area contributed by atoms with Crippen LogP contribution in [0.25, 0.3) is 11.3 Å². The molecule has 0 atom stereocenters. The number of carbonyl (C=O) groups excluding carboxylic acids is 1. The number of anilines is 1. The third-order valence-corrected chi connectivity index (χ3v) is 4.44. The normalized spacial score (nSPS) is 15.3. The van der Waals surface area contributed by atoms with Crippen LogP contribution in [0.3, 0.4) is 0 Å². The summed E-state index contributed by atoms with van der Waals surface area (Å²) in [5.74, 6) is 0.331. The fourth-order valence-corrected chi connectivity index (χ4v) is 3.05. The van der Waals surface area contributed by atoms with Crippen molar-refractivity contribution < 1.29 is 18.0 Å². The average molecular weight is 366 g/mol. The molecular formula is C18H21F3N4O. The van der Waals surface area contributed by atoms with Gasteiger partial charge in [-0.1, -0.05) is 12.1 Å². The zero-order valence-corrected chi connectivity index (χ0v) is 14.3. The van der Waals surface area contributed by atoms with Crippen molar-refractivity contribution in [2.24, 2.45) is 0 Å². The minimum absolute atomic E-state index is 0.105. The zero-order chi connectivity index (χ0) is 18.6. The summed E-state index contributed by atoms with van der Waals surface area (Å²) in [5, 5.41) is 9.48. The molecule has 1 aromatic carbocycles. The van der Waals surface area contributed by atoms with Crippen LogP contribution in [0.4, 0.5) is 19.0 Å². The number of hydrogen-bond donors (Lipinski definition) is 2. The Morgan fingerprint density at radius 1 is 1.19 bits per heavy atom. The molecule has 2 aromatic rings. The summed E-state index contributed by atoms with van der Waals surface area (Å²) < 4.78 is 37.8. The van der Waals surface area contributed by atoms with Gasteiger partial charge in [-0.3, -0.25) is 9.89 Å².